The third kappa shape index (κ3) is 4.41. The lowest BCUT2D eigenvalue weighted by Crippen LogP contribution is -2.50. The normalized spacial score (nSPS) is 13.4. The monoisotopic (exact) mass is 366 g/mol. The maximum atomic E-state index is 12.6. The molecule has 2 rings (SSSR count). The van der Waals surface area contributed by atoms with Gasteiger partial charge in [-0.15, -0.1) is 0 Å². The Balaban J connectivity index is 2.05. The summed E-state index contributed by atoms with van der Waals surface area (Å²) in [5.74, 6) is -1.34. The van der Waals surface area contributed by atoms with Crippen molar-refractivity contribution in [2.24, 2.45) is 0 Å². The maximum absolute atomic E-state index is 12.6. The molecule has 0 aromatic carbocycles. The van der Waals surface area contributed by atoms with E-state index in [2.05, 4.69) is 19.8 Å². The van der Waals surface area contributed by atoms with Gasteiger partial charge < -0.3 is 14.8 Å². The number of hydrogen-bond donors (Lipinski definition) is 1. The number of amides is 1. The van der Waals surface area contributed by atoms with Crippen molar-refractivity contribution in [2.45, 2.75) is 6.42 Å². The molecule has 2 heterocycles. The van der Waals surface area contributed by atoms with Gasteiger partial charge in [-0.25, -0.2) is 9.80 Å². The van der Waals surface area contributed by atoms with Crippen LogP contribution in [0.3, 0.4) is 0 Å². The molecule has 0 saturated carbocycles. The molecule has 1 aliphatic rings. The molecular formula is C15H18N4O5S. The fourth-order valence-corrected chi connectivity index (χ4v) is 2.50. The average Bonchev–Trinajstić information content (AvgIpc) is 3.14. The third-order valence-electron chi connectivity index (χ3n) is 3.52. The summed E-state index contributed by atoms with van der Waals surface area (Å²) in [4.78, 5) is 39.3. The number of nitrogens with one attached hydrogen (secondary N) is 1. The van der Waals surface area contributed by atoms with Crippen molar-refractivity contribution in [3.8, 4) is 0 Å². The van der Waals surface area contributed by atoms with Crippen molar-refractivity contribution < 1.29 is 23.9 Å². The lowest BCUT2D eigenvalue weighted by Gasteiger charge is -2.29. The minimum atomic E-state index is -0.525. The van der Waals surface area contributed by atoms with Crippen LogP contribution in [0.25, 0.3) is 0 Å². The molecule has 0 unspecified atom stereocenters. The zero-order valence-corrected chi connectivity index (χ0v) is 14.7. The summed E-state index contributed by atoms with van der Waals surface area (Å²) < 4.78 is 9.13. The van der Waals surface area contributed by atoms with Gasteiger partial charge in [-0.2, -0.15) is 0 Å². The first-order valence-corrected chi connectivity index (χ1v) is 7.87. The zero-order chi connectivity index (χ0) is 18.4. The predicted molar refractivity (Wildman–Crippen MR) is 90.6 cm³/mol. The van der Waals surface area contributed by atoms with E-state index in [0.717, 1.165) is 6.42 Å². The maximum Gasteiger partial charge on any atom is 0.339 e. The Morgan fingerprint density at radius 2 is 1.92 bits per heavy atom. The van der Waals surface area contributed by atoms with Crippen molar-refractivity contribution in [1.82, 2.24) is 20.3 Å². The second-order valence-electron chi connectivity index (χ2n) is 5.06. The molecule has 1 fully saturated rings. The van der Waals surface area contributed by atoms with E-state index in [4.69, 9.17) is 12.2 Å². The summed E-state index contributed by atoms with van der Waals surface area (Å²) in [5.41, 5.74) is 0.433. The summed E-state index contributed by atoms with van der Waals surface area (Å²) in [6.07, 6.45) is 2.01. The zero-order valence-electron chi connectivity index (χ0n) is 13.9. The van der Waals surface area contributed by atoms with Crippen LogP contribution >= 0.6 is 12.2 Å². The number of ether oxygens (including phenoxy) is 2. The van der Waals surface area contributed by atoms with Gasteiger partial charge in [0.15, 0.2) is 5.11 Å². The van der Waals surface area contributed by atoms with E-state index in [1.165, 1.54) is 37.6 Å². The second-order valence-corrected chi connectivity index (χ2v) is 5.45. The molecule has 0 spiro atoms. The van der Waals surface area contributed by atoms with Crippen LogP contribution in [0.15, 0.2) is 18.3 Å². The fraction of sp³-hybridized carbons (Fsp3) is 0.400. The number of aromatic nitrogens is 1. The Morgan fingerprint density at radius 1 is 1.20 bits per heavy atom. The van der Waals surface area contributed by atoms with E-state index in [9.17, 15) is 14.4 Å². The lowest BCUT2D eigenvalue weighted by atomic mass is 10.2. The number of rotatable bonds is 4. The van der Waals surface area contributed by atoms with Crippen LogP contribution in [0.5, 0.6) is 0 Å². The van der Waals surface area contributed by atoms with Gasteiger partial charge in [-0.05, 0) is 30.8 Å². The van der Waals surface area contributed by atoms with Gasteiger partial charge in [-0.1, -0.05) is 0 Å². The van der Waals surface area contributed by atoms with E-state index in [-0.39, 0.29) is 28.8 Å². The van der Waals surface area contributed by atoms with Gasteiger partial charge in [0.2, 0.25) is 0 Å². The van der Waals surface area contributed by atoms with Gasteiger partial charge in [0.1, 0.15) is 12.2 Å². The van der Waals surface area contributed by atoms with Crippen LogP contribution in [0, 0.1) is 0 Å². The molecule has 1 amide bonds. The first kappa shape index (κ1) is 18.6. The van der Waals surface area contributed by atoms with E-state index in [1.807, 2.05) is 0 Å². The average molecular weight is 366 g/mol. The fourth-order valence-electron chi connectivity index (χ4n) is 2.24. The molecule has 1 N–H and O–H groups in total. The summed E-state index contributed by atoms with van der Waals surface area (Å²) >= 11 is 5.23. The summed E-state index contributed by atoms with van der Waals surface area (Å²) in [7, 11) is 2.55. The van der Waals surface area contributed by atoms with Crippen LogP contribution in [-0.2, 0) is 14.3 Å². The number of pyridine rings is 1. The number of methoxy groups -OCH3 is 2. The van der Waals surface area contributed by atoms with Crippen LogP contribution in [0.4, 0.5) is 0 Å². The Hall–Kier alpha value is -2.75. The van der Waals surface area contributed by atoms with E-state index in [1.54, 1.807) is 5.01 Å². The lowest BCUT2D eigenvalue weighted by molar-refractivity contribution is -0.139. The minimum Gasteiger partial charge on any atom is -0.468 e. The molecule has 0 atom stereocenters. The van der Waals surface area contributed by atoms with Gasteiger partial charge in [0.05, 0.1) is 19.8 Å². The summed E-state index contributed by atoms with van der Waals surface area (Å²) in [6.45, 7) is 0.929. The van der Waals surface area contributed by atoms with Crippen LogP contribution in [0.1, 0.15) is 27.3 Å². The number of nitrogens with zero attached hydrogens (tertiary/aromatic N) is 3. The van der Waals surface area contributed by atoms with Gasteiger partial charge >= 0.3 is 11.9 Å². The number of carbonyl (C=O) groups excluding carboxylic acids is 3. The van der Waals surface area contributed by atoms with Gasteiger partial charge in [0, 0.05) is 19.3 Å². The number of hydrazine groups is 1. The Kier molecular flexibility index (Phi) is 6.23. The second kappa shape index (κ2) is 8.38. The summed E-state index contributed by atoms with van der Waals surface area (Å²) in [5, 5.41) is 6.03. The SMILES string of the molecule is COC(=O)CNC(=S)N1CCCN1C(=O)c1ccc(C(=O)OC)cn1. The molecule has 1 aliphatic heterocycles. The largest absolute Gasteiger partial charge is 0.468 e. The third-order valence-corrected chi connectivity index (χ3v) is 3.87. The van der Waals surface area contributed by atoms with Crippen LogP contribution in [0.2, 0.25) is 0 Å². The molecule has 0 radical (unpaired) electrons. The van der Waals surface area contributed by atoms with Crippen molar-refractivity contribution >= 4 is 35.2 Å². The molecule has 0 aliphatic carbocycles. The Morgan fingerprint density at radius 3 is 2.52 bits per heavy atom. The quantitative estimate of drug-likeness (QED) is 0.582. The topological polar surface area (TPSA) is 101 Å². The standard InChI is InChI=1S/C15H18N4O5S/c1-23-12(20)9-17-15(25)19-7-3-6-18(19)13(21)11-5-4-10(8-16-11)14(22)24-2/h4-5,8H,3,6-7,9H2,1-2H3,(H,17,25). The van der Waals surface area contributed by atoms with Crippen molar-refractivity contribution in [2.75, 3.05) is 33.9 Å². The highest BCUT2D eigenvalue weighted by Gasteiger charge is 2.30. The van der Waals surface area contributed by atoms with E-state index >= 15 is 0 Å². The number of esters is 2. The highest BCUT2D eigenvalue weighted by atomic mass is 32.1. The molecule has 1 aromatic heterocycles. The number of hydrogen-bond acceptors (Lipinski definition) is 7. The molecule has 9 nitrogen and oxygen atoms in total. The molecule has 1 aromatic rings. The van der Waals surface area contributed by atoms with Crippen molar-refractivity contribution in [1.29, 1.82) is 0 Å². The van der Waals surface area contributed by atoms with E-state index < -0.39 is 11.9 Å². The van der Waals surface area contributed by atoms with Gasteiger partial charge in [0.25, 0.3) is 5.91 Å². The first-order chi connectivity index (χ1) is 12.0. The predicted octanol–water partition coefficient (Wildman–Crippen LogP) is -0.0214. The van der Waals surface area contributed by atoms with Crippen LogP contribution < -0.4 is 5.32 Å². The minimum absolute atomic E-state index is 0.0834. The molecule has 1 saturated heterocycles. The highest BCUT2D eigenvalue weighted by molar-refractivity contribution is 7.80. The molecule has 10 heteroatoms. The Labute approximate surface area is 149 Å². The first-order valence-electron chi connectivity index (χ1n) is 7.46. The van der Waals surface area contributed by atoms with Gasteiger partial charge in [-0.3, -0.25) is 19.6 Å². The van der Waals surface area contributed by atoms with Crippen LogP contribution in [-0.4, -0.2) is 71.8 Å². The summed E-state index contributed by atoms with van der Waals surface area (Å²) in [6, 6.07) is 2.93. The smallest absolute Gasteiger partial charge is 0.339 e. The molecule has 0 bridgehead atoms. The van der Waals surface area contributed by atoms with Crippen molar-refractivity contribution in [3.63, 3.8) is 0 Å². The number of thiocarbonyl (C=S) groups is 1. The molecule has 25 heavy (non-hydrogen) atoms. The highest BCUT2D eigenvalue weighted by Crippen LogP contribution is 2.15. The number of carbonyl (C=O) groups is 3. The Bertz CT molecular complexity index is 679. The van der Waals surface area contributed by atoms with Crippen molar-refractivity contribution in [3.05, 3.63) is 29.6 Å². The molecular weight excluding hydrogens is 348 g/mol. The molecule has 134 valence electrons. The van der Waals surface area contributed by atoms with E-state index in [0.29, 0.717) is 13.1 Å².